The van der Waals surface area contributed by atoms with Gasteiger partial charge in [0.15, 0.2) is 6.04 Å². The van der Waals surface area contributed by atoms with E-state index >= 15 is 0 Å². The van der Waals surface area contributed by atoms with E-state index in [1.54, 1.807) is 11.4 Å². The molecule has 1 unspecified atom stereocenters. The van der Waals surface area contributed by atoms with Gasteiger partial charge in [-0.25, -0.2) is 17.9 Å². The van der Waals surface area contributed by atoms with Gasteiger partial charge < -0.3 is 15.2 Å². The predicted molar refractivity (Wildman–Crippen MR) is 80.1 cm³/mol. The molecule has 1 rings (SSSR count). The molecule has 1 heterocycles. The van der Waals surface area contributed by atoms with E-state index in [0.29, 0.717) is 0 Å². The van der Waals surface area contributed by atoms with Gasteiger partial charge in [-0.2, -0.15) is 0 Å². The zero-order valence-electron chi connectivity index (χ0n) is 11.5. The molecule has 0 aliphatic rings. The Kier molecular flexibility index (Phi) is 7.18. The molecule has 0 aliphatic heterocycles. The maximum absolute atomic E-state index is 11.8. The number of amides is 1. The molecule has 0 saturated carbocycles. The van der Waals surface area contributed by atoms with E-state index in [1.165, 1.54) is 12.1 Å². The molecule has 22 heavy (non-hydrogen) atoms. The summed E-state index contributed by atoms with van der Waals surface area (Å²) in [4.78, 5) is 22.6. The van der Waals surface area contributed by atoms with E-state index in [-0.39, 0.29) is 17.4 Å². The quantitative estimate of drug-likeness (QED) is 0.398. The highest BCUT2D eigenvalue weighted by molar-refractivity contribution is 7.91. The average Bonchev–Trinajstić information content (AvgIpc) is 2.99. The lowest BCUT2D eigenvalue weighted by Gasteiger charge is -2.14. The van der Waals surface area contributed by atoms with Crippen LogP contribution in [0.4, 0.5) is 0 Å². The largest absolute Gasteiger partial charge is 0.480 e. The maximum Gasteiger partial charge on any atom is 0.328 e. The van der Waals surface area contributed by atoms with Crippen LogP contribution in [0.2, 0.25) is 0 Å². The first-order valence-corrected chi connectivity index (χ1v) is 8.47. The predicted octanol–water partition coefficient (Wildman–Crippen LogP) is -0.202. The lowest BCUT2D eigenvalue weighted by Crippen LogP contribution is -2.47. The van der Waals surface area contributed by atoms with Gasteiger partial charge in [0.05, 0.1) is 19.8 Å². The first kappa shape index (κ1) is 18.3. The van der Waals surface area contributed by atoms with E-state index < -0.39 is 34.5 Å². The van der Waals surface area contributed by atoms with Crippen molar-refractivity contribution in [1.82, 2.24) is 10.0 Å². The molecule has 122 valence electrons. The summed E-state index contributed by atoms with van der Waals surface area (Å²) in [7, 11) is -3.77. The summed E-state index contributed by atoms with van der Waals surface area (Å²) in [5, 5.41) is 12.7. The number of carboxylic acids is 1. The number of rotatable bonds is 10. The minimum absolute atomic E-state index is 0.0735. The van der Waals surface area contributed by atoms with Gasteiger partial charge in [-0.3, -0.25) is 4.79 Å². The fourth-order valence-corrected chi connectivity index (χ4v) is 3.36. The second-order valence-corrected chi connectivity index (χ2v) is 6.98. The molecular weight excluding hydrogens is 332 g/mol. The van der Waals surface area contributed by atoms with Crippen LogP contribution in [0.15, 0.2) is 34.4 Å². The summed E-state index contributed by atoms with van der Waals surface area (Å²) in [6, 6.07) is 1.70. The Morgan fingerprint density at radius 2 is 2.23 bits per heavy atom. The van der Waals surface area contributed by atoms with Crippen LogP contribution in [0.3, 0.4) is 0 Å². The number of nitrogens with one attached hydrogen (secondary N) is 2. The highest BCUT2D eigenvalue weighted by Crippen LogP contribution is 2.14. The summed E-state index contributed by atoms with van der Waals surface area (Å²) in [5.41, 5.74) is 0. The molecule has 0 fully saturated rings. The number of carbonyl (C=O) groups excluding carboxylic acids is 1. The van der Waals surface area contributed by atoms with Crippen LogP contribution in [-0.4, -0.2) is 51.2 Å². The van der Waals surface area contributed by atoms with Crippen molar-refractivity contribution in [1.29, 1.82) is 0 Å². The fraction of sp³-hybridized carbons (Fsp3) is 0.333. The van der Waals surface area contributed by atoms with E-state index in [0.717, 1.165) is 11.3 Å². The molecule has 0 radical (unpaired) electrons. The third-order valence-corrected chi connectivity index (χ3v) is 5.13. The first-order valence-electron chi connectivity index (χ1n) is 6.11. The van der Waals surface area contributed by atoms with Crippen LogP contribution in [0.5, 0.6) is 0 Å². The Balaban J connectivity index is 2.50. The van der Waals surface area contributed by atoms with Crippen molar-refractivity contribution in [2.24, 2.45) is 0 Å². The molecule has 0 aliphatic carbocycles. The summed E-state index contributed by atoms with van der Waals surface area (Å²) < 4.78 is 30.7. The van der Waals surface area contributed by atoms with Gasteiger partial charge in [0.25, 0.3) is 10.0 Å². The minimum Gasteiger partial charge on any atom is -0.480 e. The van der Waals surface area contributed by atoms with Crippen LogP contribution < -0.4 is 10.0 Å². The zero-order valence-corrected chi connectivity index (χ0v) is 13.2. The van der Waals surface area contributed by atoms with Crippen molar-refractivity contribution < 1.29 is 27.9 Å². The Bertz CT molecular complexity index is 612. The summed E-state index contributed by atoms with van der Waals surface area (Å²) in [6.45, 7) is 2.74. The van der Waals surface area contributed by atoms with Gasteiger partial charge in [-0.05, 0) is 11.4 Å². The zero-order chi connectivity index (χ0) is 16.6. The van der Waals surface area contributed by atoms with Crippen molar-refractivity contribution in [2.45, 2.75) is 10.3 Å². The third-order valence-electron chi connectivity index (χ3n) is 2.34. The molecular formula is C12H16N2O6S2. The van der Waals surface area contributed by atoms with Gasteiger partial charge in [-0.15, -0.1) is 17.9 Å². The van der Waals surface area contributed by atoms with Gasteiger partial charge in [0, 0.05) is 0 Å². The molecule has 0 aromatic carbocycles. The number of aliphatic carboxylic acids is 1. The SMILES string of the molecule is C=CCOCC(NC(=O)CNS(=O)(=O)c1cccs1)C(=O)O. The Hall–Kier alpha value is -1.75. The smallest absolute Gasteiger partial charge is 0.328 e. The van der Waals surface area contributed by atoms with Crippen LogP contribution in [-0.2, 0) is 24.3 Å². The van der Waals surface area contributed by atoms with Gasteiger partial charge in [0.1, 0.15) is 4.21 Å². The highest BCUT2D eigenvalue weighted by atomic mass is 32.2. The number of hydrogen-bond donors (Lipinski definition) is 3. The average molecular weight is 348 g/mol. The monoisotopic (exact) mass is 348 g/mol. The summed E-state index contributed by atoms with van der Waals surface area (Å²) in [5.74, 6) is -2.05. The maximum atomic E-state index is 11.8. The van der Waals surface area contributed by atoms with E-state index in [2.05, 4.69) is 16.6 Å². The molecule has 0 bridgehead atoms. The summed E-state index contributed by atoms with van der Waals surface area (Å²) in [6.07, 6.45) is 1.44. The molecule has 0 saturated heterocycles. The van der Waals surface area contributed by atoms with Gasteiger partial charge >= 0.3 is 5.97 Å². The molecule has 1 aromatic rings. The minimum atomic E-state index is -3.77. The Morgan fingerprint density at radius 3 is 2.77 bits per heavy atom. The van der Waals surface area contributed by atoms with Gasteiger partial charge in [-0.1, -0.05) is 12.1 Å². The highest BCUT2D eigenvalue weighted by Gasteiger charge is 2.22. The topological polar surface area (TPSA) is 122 Å². The van der Waals surface area contributed by atoms with E-state index in [9.17, 15) is 18.0 Å². The summed E-state index contributed by atoms with van der Waals surface area (Å²) >= 11 is 1.01. The van der Waals surface area contributed by atoms with Crippen molar-refractivity contribution >= 4 is 33.2 Å². The lowest BCUT2D eigenvalue weighted by atomic mass is 10.3. The first-order chi connectivity index (χ1) is 10.4. The number of carbonyl (C=O) groups is 2. The molecule has 1 amide bonds. The number of thiophene rings is 1. The number of sulfonamides is 1. The van der Waals surface area contributed by atoms with Crippen LogP contribution in [0, 0.1) is 0 Å². The second kappa shape index (κ2) is 8.63. The fourth-order valence-electron chi connectivity index (χ4n) is 1.34. The number of carboxylic acid groups (broad SMARTS) is 1. The lowest BCUT2D eigenvalue weighted by molar-refractivity contribution is -0.143. The standard InChI is InChI=1S/C12H16N2O6S2/c1-2-5-20-8-9(12(16)17)14-10(15)7-13-22(18,19)11-4-3-6-21-11/h2-4,6,9,13H,1,5,7-8H2,(H,14,15)(H,16,17). The van der Waals surface area contributed by atoms with Crippen molar-refractivity contribution in [2.75, 3.05) is 19.8 Å². The van der Waals surface area contributed by atoms with Gasteiger partial charge in [0.2, 0.25) is 5.91 Å². The van der Waals surface area contributed by atoms with E-state index in [1.807, 2.05) is 0 Å². The Labute approximate surface area is 131 Å². The normalized spacial score (nSPS) is 12.5. The van der Waals surface area contributed by atoms with Crippen LogP contribution in [0.1, 0.15) is 0 Å². The molecule has 0 spiro atoms. The van der Waals surface area contributed by atoms with Crippen LogP contribution in [0.25, 0.3) is 0 Å². The van der Waals surface area contributed by atoms with Crippen LogP contribution >= 0.6 is 11.3 Å². The molecule has 10 heteroatoms. The van der Waals surface area contributed by atoms with Crippen molar-refractivity contribution in [3.05, 3.63) is 30.2 Å². The molecule has 3 N–H and O–H groups in total. The number of hydrogen-bond acceptors (Lipinski definition) is 6. The number of ether oxygens (including phenoxy) is 1. The third kappa shape index (κ3) is 5.93. The second-order valence-electron chi connectivity index (χ2n) is 4.04. The molecule has 1 aromatic heterocycles. The van der Waals surface area contributed by atoms with E-state index in [4.69, 9.17) is 9.84 Å². The van der Waals surface area contributed by atoms with Crippen molar-refractivity contribution in [3.8, 4) is 0 Å². The molecule has 8 nitrogen and oxygen atoms in total. The molecule has 1 atom stereocenters. The Morgan fingerprint density at radius 1 is 1.50 bits per heavy atom. The van der Waals surface area contributed by atoms with Crippen molar-refractivity contribution in [3.63, 3.8) is 0 Å².